The molecule has 0 spiro atoms. The number of carbonyl (C=O) groups is 1. The lowest BCUT2D eigenvalue weighted by atomic mass is 9.42. The highest BCUT2D eigenvalue weighted by Crippen LogP contribution is 2.69. The van der Waals surface area contributed by atoms with Gasteiger partial charge >= 0.3 is 5.97 Å². The van der Waals surface area contributed by atoms with Gasteiger partial charge in [-0.3, -0.25) is 0 Å². The topological polar surface area (TPSA) is 87.0 Å². The summed E-state index contributed by atoms with van der Waals surface area (Å²) in [5.41, 5.74) is -0.250. The van der Waals surface area contributed by atoms with E-state index >= 15 is 0 Å². The van der Waals surface area contributed by atoms with E-state index in [1.165, 1.54) is 0 Å². The van der Waals surface area contributed by atoms with Crippen LogP contribution in [0.4, 0.5) is 0 Å². The van der Waals surface area contributed by atoms with Crippen molar-refractivity contribution >= 4 is 5.97 Å². The number of carbonyl (C=O) groups excluding carboxylic acids is 1. The standard InChI is InChI=1S/C23H34O5/c1-21-7-5-15(24)10-14(21)3-4-17-20(21)18(25)11-22(2)16(6-8-23(17,22)27)13-9-19(26)28-12-13/h9,14-18,20,24-25,27H,3-8,10-12H2,1-2H3/t14-,15-,16+,17-,18+,20+,21-,22+,23-/m0/s1. The Morgan fingerprint density at radius 3 is 2.61 bits per heavy atom. The zero-order chi connectivity index (χ0) is 19.9. The van der Waals surface area contributed by atoms with Crippen LogP contribution in [0.2, 0.25) is 0 Å². The molecule has 5 rings (SSSR count). The molecule has 3 N–H and O–H groups in total. The predicted molar refractivity (Wildman–Crippen MR) is 103 cm³/mol. The Bertz CT molecular complexity index is 718. The maximum atomic E-state index is 12.1. The van der Waals surface area contributed by atoms with Gasteiger partial charge in [-0.05, 0) is 86.0 Å². The van der Waals surface area contributed by atoms with Crippen LogP contribution in [0.5, 0.6) is 0 Å². The molecule has 28 heavy (non-hydrogen) atoms. The summed E-state index contributed by atoms with van der Waals surface area (Å²) in [4.78, 5) is 11.6. The molecule has 0 saturated heterocycles. The third-order valence-electron chi connectivity index (χ3n) is 9.89. The minimum Gasteiger partial charge on any atom is -0.458 e. The molecule has 0 radical (unpaired) electrons. The molecule has 4 aliphatic carbocycles. The lowest BCUT2D eigenvalue weighted by molar-refractivity contribution is -0.242. The zero-order valence-corrected chi connectivity index (χ0v) is 17.1. The summed E-state index contributed by atoms with van der Waals surface area (Å²) in [5, 5.41) is 33.7. The lowest BCUT2D eigenvalue weighted by Gasteiger charge is -2.65. The van der Waals surface area contributed by atoms with Gasteiger partial charge in [-0.1, -0.05) is 13.8 Å². The van der Waals surface area contributed by atoms with Gasteiger partial charge in [0, 0.05) is 11.5 Å². The number of aliphatic hydroxyl groups is 3. The van der Waals surface area contributed by atoms with Crippen LogP contribution in [0.15, 0.2) is 11.6 Å². The summed E-state index contributed by atoms with van der Waals surface area (Å²) < 4.78 is 5.17. The van der Waals surface area contributed by atoms with Gasteiger partial charge in [-0.25, -0.2) is 4.79 Å². The molecule has 156 valence electrons. The van der Waals surface area contributed by atoms with Crippen LogP contribution in [-0.4, -0.2) is 45.7 Å². The van der Waals surface area contributed by atoms with E-state index in [2.05, 4.69) is 13.8 Å². The van der Waals surface area contributed by atoms with E-state index in [4.69, 9.17) is 4.74 Å². The van der Waals surface area contributed by atoms with Crippen molar-refractivity contribution in [2.75, 3.05) is 6.61 Å². The zero-order valence-electron chi connectivity index (χ0n) is 17.1. The summed E-state index contributed by atoms with van der Waals surface area (Å²) in [7, 11) is 0. The molecule has 0 amide bonds. The fourth-order valence-corrected chi connectivity index (χ4v) is 8.49. The molecule has 4 fully saturated rings. The Morgan fingerprint density at radius 1 is 1.11 bits per heavy atom. The number of cyclic esters (lactones) is 1. The fraction of sp³-hybridized carbons (Fsp3) is 0.870. The van der Waals surface area contributed by atoms with Crippen LogP contribution < -0.4 is 0 Å². The summed E-state index contributed by atoms with van der Waals surface area (Å²) in [6.45, 7) is 4.76. The average Bonchev–Trinajstić information content (AvgIpc) is 3.16. The number of aliphatic hydroxyl groups excluding tert-OH is 2. The van der Waals surface area contributed by atoms with Crippen LogP contribution in [0, 0.1) is 34.5 Å². The van der Waals surface area contributed by atoms with Crippen LogP contribution in [0.25, 0.3) is 0 Å². The van der Waals surface area contributed by atoms with Gasteiger partial charge in [-0.15, -0.1) is 0 Å². The molecule has 0 aromatic rings. The molecular weight excluding hydrogens is 356 g/mol. The van der Waals surface area contributed by atoms with E-state index in [1.54, 1.807) is 6.08 Å². The second-order valence-corrected chi connectivity index (χ2v) is 10.9. The largest absolute Gasteiger partial charge is 0.458 e. The van der Waals surface area contributed by atoms with Crippen molar-refractivity contribution in [3.63, 3.8) is 0 Å². The first-order chi connectivity index (χ1) is 13.2. The second-order valence-electron chi connectivity index (χ2n) is 10.9. The highest BCUT2D eigenvalue weighted by molar-refractivity contribution is 5.85. The first-order valence-electron chi connectivity index (χ1n) is 11.1. The first kappa shape index (κ1) is 19.1. The molecule has 0 aromatic carbocycles. The Morgan fingerprint density at radius 2 is 1.89 bits per heavy atom. The highest BCUT2D eigenvalue weighted by Gasteiger charge is 2.69. The Kier molecular flexibility index (Phi) is 4.12. The van der Waals surface area contributed by atoms with Gasteiger partial charge in [-0.2, -0.15) is 0 Å². The number of esters is 1. The second kappa shape index (κ2) is 6.05. The molecular formula is C23H34O5. The monoisotopic (exact) mass is 390 g/mol. The van der Waals surface area contributed by atoms with Crippen molar-refractivity contribution in [3.05, 3.63) is 11.6 Å². The number of ether oxygens (including phenoxy) is 1. The minimum absolute atomic E-state index is 0.0115. The van der Waals surface area contributed by atoms with E-state index in [0.29, 0.717) is 18.9 Å². The lowest BCUT2D eigenvalue weighted by Crippen LogP contribution is -2.66. The van der Waals surface area contributed by atoms with Crippen molar-refractivity contribution in [2.45, 2.75) is 83.0 Å². The maximum Gasteiger partial charge on any atom is 0.331 e. The van der Waals surface area contributed by atoms with Crippen molar-refractivity contribution in [1.29, 1.82) is 0 Å². The molecule has 5 aliphatic rings. The molecule has 0 aromatic heterocycles. The quantitative estimate of drug-likeness (QED) is 0.599. The molecule has 5 heteroatoms. The van der Waals surface area contributed by atoms with Gasteiger partial charge in [0.25, 0.3) is 0 Å². The smallest absolute Gasteiger partial charge is 0.331 e. The van der Waals surface area contributed by atoms with Crippen LogP contribution in [0.1, 0.15) is 65.2 Å². The molecule has 9 atom stereocenters. The minimum atomic E-state index is -0.807. The van der Waals surface area contributed by atoms with E-state index < -0.39 is 17.1 Å². The molecule has 1 aliphatic heterocycles. The normalized spacial score (nSPS) is 55.8. The Balaban J connectivity index is 1.51. The average molecular weight is 391 g/mol. The molecule has 1 heterocycles. The van der Waals surface area contributed by atoms with Gasteiger partial charge in [0.1, 0.15) is 6.61 Å². The SMILES string of the molecule is C[C@]12CC[C@H](O)C[C@@H]1CC[C@H]1[C@@H]2[C@H](O)C[C@]2(C)[C@@H](C3=CC(=O)OC3)CC[C@]12O. The highest BCUT2D eigenvalue weighted by atomic mass is 16.5. The number of fused-ring (bicyclic) bond motifs is 5. The van der Waals surface area contributed by atoms with Crippen LogP contribution >= 0.6 is 0 Å². The van der Waals surface area contributed by atoms with E-state index in [1.807, 2.05) is 0 Å². The molecule has 4 saturated carbocycles. The Labute approximate surface area is 167 Å². The van der Waals surface area contributed by atoms with Crippen molar-refractivity contribution in [2.24, 2.45) is 34.5 Å². The van der Waals surface area contributed by atoms with E-state index in [9.17, 15) is 20.1 Å². The van der Waals surface area contributed by atoms with Crippen molar-refractivity contribution in [3.8, 4) is 0 Å². The summed E-state index contributed by atoms with van der Waals surface area (Å²) >= 11 is 0. The number of hydrogen-bond donors (Lipinski definition) is 3. The summed E-state index contributed by atoms with van der Waals surface area (Å²) in [6.07, 6.45) is 7.61. The molecule has 5 nitrogen and oxygen atoms in total. The Hall–Kier alpha value is -0.910. The van der Waals surface area contributed by atoms with Gasteiger partial charge < -0.3 is 20.1 Å². The van der Waals surface area contributed by atoms with Crippen LogP contribution in [0.3, 0.4) is 0 Å². The molecule has 0 bridgehead atoms. The van der Waals surface area contributed by atoms with Crippen LogP contribution in [-0.2, 0) is 9.53 Å². The third-order valence-corrected chi connectivity index (χ3v) is 9.89. The third kappa shape index (κ3) is 2.33. The van der Waals surface area contributed by atoms with Gasteiger partial charge in [0.2, 0.25) is 0 Å². The number of hydrogen-bond acceptors (Lipinski definition) is 5. The summed E-state index contributed by atoms with van der Waals surface area (Å²) in [5.74, 6) is 0.420. The fourth-order valence-electron chi connectivity index (χ4n) is 8.49. The first-order valence-corrected chi connectivity index (χ1v) is 11.1. The van der Waals surface area contributed by atoms with E-state index in [-0.39, 0.29) is 35.2 Å². The van der Waals surface area contributed by atoms with Gasteiger partial charge in [0.05, 0.1) is 17.8 Å². The predicted octanol–water partition coefficient (Wildman–Crippen LogP) is 2.58. The summed E-state index contributed by atoms with van der Waals surface area (Å²) in [6, 6.07) is 0. The molecule has 0 unspecified atom stereocenters. The number of rotatable bonds is 1. The maximum absolute atomic E-state index is 12.1. The van der Waals surface area contributed by atoms with E-state index in [0.717, 1.165) is 50.5 Å². The van der Waals surface area contributed by atoms with Gasteiger partial charge in [0.15, 0.2) is 0 Å². The van der Waals surface area contributed by atoms with Crippen molar-refractivity contribution in [1.82, 2.24) is 0 Å². The van der Waals surface area contributed by atoms with Crippen molar-refractivity contribution < 1.29 is 24.9 Å².